The maximum absolute atomic E-state index is 12.4. The van der Waals surface area contributed by atoms with Gasteiger partial charge in [-0.25, -0.2) is 0 Å². The Morgan fingerprint density at radius 2 is 1.43 bits per heavy atom. The molecular weight excluding hydrogens is 187 g/mol. The fourth-order valence-corrected chi connectivity index (χ4v) is 0.993. The van der Waals surface area contributed by atoms with Crippen LogP contribution < -0.4 is 0 Å². The van der Waals surface area contributed by atoms with Gasteiger partial charge in [0.2, 0.25) is 0 Å². The zero-order chi connectivity index (χ0) is 11.0. The number of alkyl halides is 3. The van der Waals surface area contributed by atoms with Gasteiger partial charge in [0.25, 0.3) is 0 Å². The molecule has 0 aliphatic heterocycles. The molecule has 0 heterocycles. The van der Waals surface area contributed by atoms with Gasteiger partial charge >= 0.3 is 6.18 Å². The number of rotatable bonds is 1. The Morgan fingerprint density at radius 1 is 1.00 bits per heavy atom. The molecule has 0 atom stereocenters. The van der Waals surface area contributed by atoms with Crippen molar-refractivity contribution in [3.8, 4) is 0 Å². The molecule has 0 nitrogen and oxygen atoms in total. The van der Waals surface area contributed by atoms with E-state index < -0.39 is 11.4 Å². The number of halogens is 3. The summed E-state index contributed by atoms with van der Waals surface area (Å²) in [4.78, 5) is 0. The summed E-state index contributed by atoms with van der Waals surface area (Å²) >= 11 is 0. The zero-order valence-corrected chi connectivity index (χ0v) is 7.60. The Morgan fingerprint density at radius 3 is 1.79 bits per heavy atom. The van der Waals surface area contributed by atoms with Crippen LogP contribution in [-0.2, 0) is 5.21 Å². The van der Waals surface area contributed by atoms with Crippen molar-refractivity contribution in [3.05, 3.63) is 35.4 Å². The fourth-order valence-electron chi connectivity index (χ4n) is 0.993. The lowest BCUT2D eigenvalue weighted by Crippen LogP contribution is -2.43. The van der Waals surface area contributed by atoms with Crippen molar-refractivity contribution in [1.29, 1.82) is 0 Å². The summed E-state index contributed by atoms with van der Waals surface area (Å²) < 4.78 is 37.1. The van der Waals surface area contributed by atoms with Crippen LogP contribution in [0, 0.1) is 6.92 Å². The van der Waals surface area contributed by atoms with Gasteiger partial charge in [0.05, 0.1) is 15.7 Å². The fraction of sp³-hybridized carbons (Fsp3) is 0.333. The molecule has 4 radical (unpaired) electrons. The first-order valence-corrected chi connectivity index (χ1v) is 3.97. The summed E-state index contributed by atoms with van der Waals surface area (Å²) in [5.74, 6) is 0. The minimum Gasteiger partial charge on any atom is -0.172 e. The standard InChI is InChI=1S/C9H7B2F3/c1-6-2-4-7(5-3-6)8(10,11)9(12,13)14/h2-5H,1H3. The van der Waals surface area contributed by atoms with Crippen LogP contribution in [0.25, 0.3) is 0 Å². The molecule has 1 aromatic carbocycles. The third-order valence-corrected chi connectivity index (χ3v) is 2.00. The van der Waals surface area contributed by atoms with E-state index in [-0.39, 0.29) is 5.56 Å². The summed E-state index contributed by atoms with van der Waals surface area (Å²) in [7, 11) is 10.0. The first kappa shape index (κ1) is 11.2. The molecule has 5 heteroatoms. The van der Waals surface area contributed by atoms with Crippen molar-refractivity contribution < 1.29 is 13.2 Å². The predicted octanol–water partition coefficient (Wildman–Crippen LogP) is 2.05. The van der Waals surface area contributed by atoms with E-state index in [2.05, 4.69) is 0 Å². The van der Waals surface area contributed by atoms with Crippen molar-refractivity contribution in [2.75, 3.05) is 0 Å². The molecule has 0 unspecified atom stereocenters. The third-order valence-electron chi connectivity index (χ3n) is 2.00. The average Bonchev–Trinajstić information content (AvgIpc) is 2.03. The van der Waals surface area contributed by atoms with Crippen LogP contribution in [0.4, 0.5) is 13.2 Å². The van der Waals surface area contributed by atoms with E-state index in [0.29, 0.717) is 0 Å². The van der Waals surface area contributed by atoms with Crippen molar-refractivity contribution in [3.63, 3.8) is 0 Å². The Labute approximate surface area is 83.3 Å². The van der Waals surface area contributed by atoms with Gasteiger partial charge in [-0.1, -0.05) is 35.4 Å². The molecule has 0 aromatic heterocycles. The number of benzene rings is 1. The first-order valence-electron chi connectivity index (χ1n) is 3.97. The van der Waals surface area contributed by atoms with E-state index >= 15 is 0 Å². The summed E-state index contributed by atoms with van der Waals surface area (Å²) in [5.41, 5.74) is 0.710. The molecule has 0 N–H and O–H groups in total. The maximum Gasteiger partial charge on any atom is 0.383 e. The largest absolute Gasteiger partial charge is 0.383 e. The van der Waals surface area contributed by atoms with Crippen LogP contribution in [-0.4, -0.2) is 21.9 Å². The van der Waals surface area contributed by atoms with Crippen LogP contribution in [0.15, 0.2) is 24.3 Å². The van der Waals surface area contributed by atoms with Crippen molar-refractivity contribution in [2.24, 2.45) is 0 Å². The van der Waals surface area contributed by atoms with Crippen molar-refractivity contribution >= 4 is 15.7 Å². The number of aryl methyl sites for hydroxylation is 1. The second kappa shape index (κ2) is 3.37. The lowest BCUT2D eigenvalue weighted by Gasteiger charge is -2.29. The molecule has 1 rings (SSSR count). The van der Waals surface area contributed by atoms with E-state index in [0.717, 1.165) is 5.56 Å². The van der Waals surface area contributed by atoms with Gasteiger partial charge < -0.3 is 0 Å². The SMILES string of the molecule is [B]C([B])(c1ccc(C)cc1)C(F)(F)F. The highest BCUT2D eigenvalue weighted by Crippen LogP contribution is 2.35. The molecule has 0 aliphatic rings. The Balaban J connectivity index is 3.10. The lowest BCUT2D eigenvalue weighted by atomic mass is 9.50. The smallest absolute Gasteiger partial charge is 0.172 e. The summed E-state index contributed by atoms with van der Waals surface area (Å²) in [5, 5.41) is -2.78. The minimum absolute atomic E-state index is 0.143. The van der Waals surface area contributed by atoms with Crippen LogP contribution >= 0.6 is 0 Å². The highest BCUT2D eigenvalue weighted by atomic mass is 19.4. The summed E-state index contributed by atoms with van der Waals surface area (Å²) in [6, 6.07) is 5.64. The molecule has 0 amide bonds. The van der Waals surface area contributed by atoms with Gasteiger partial charge in [-0.3, -0.25) is 0 Å². The van der Waals surface area contributed by atoms with Crippen LogP contribution in [0.1, 0.15) is 11.1 Å². The second-order valence-electron chi connectivity index (χ2n) is 3.23. The van der Waals surface area contributed by atoms with Crippen molar-refractivity contribution in [1.82, 2.24) is 0 Å². The summed E-state index contributed by atoms with van der Waals surface area (Å²) in [6.07, 6.45) is -4.65. The van der Waals surface area contributed by atoms with Gasteiger partial charge in [-0.2, -0.15) is 13.2 Å². The molecule has 14 heavy (non-hydrogen) atoms. The Bertz CT molecular complexity index is 314. The quantitative estimate of drug-likeness (QED) is 0.599. The second-order valence-corrected chi connectivity index (χ2v) is 3.23. The summed E-state index contributed by atoms with van der Waals surface area (Å²) in [6.45, 7) is 1.77. The van der Waals surface area contributed by atoms with Crippen LogP contribution in [0.3, 0.4) is 0 Å². The van der Waals surface area contributed by atoms with Gasteiger partial charge in [-0.15, -0.1) is 0 Å². The molecule has 1 aromatic rings. The van der Waals surface area contributed by atoms with Gasteiger partial charge in [0, 0.05) is 5.21 Å². The van der Waals surface area contributed by atoms with E-state index in [9.17, 15) is 13.2 Å². The lowest BCUT2D eigenvalue weighted by molar-refractivity contribution is -0.143. The normalized spacial score (nSPS) is 12.9. The van der Waals surface area contributed by atoms with E-state index in [1.54, 1.807) is 6.92 Å². The maximum atomic E-state index is 12.4. The molecular formula is C9H7B2F3. The van der Waals surface area contributed by atoms with E-state index in [4.69, 9.17) is 15.7 Å². The molecule has 0 aliphatic carbocycles. The highest BCUT2D eigenvalue weighted by Gasteiger charge is 2.46. The zero-order valence-electron chi connectivity index (χ0n) is 7.60. The number of hydrogen-bond donors (Lipinski definition) is 0. The van der Waals surface area contributed by atoms with Crippen LogP contribution in [0.2, 0.25) is 0 Å². The molecule has 0 spiro atoms. The number of hydrogen-bond acceptors (Lipinski definition) is 0. The van der Waals surface area contributed by atoms with Gasteiger partial charge in [0.1, 0.15) is 0 Å². The topological polar surface area (TPSA) is 0 Å². The Hall–Kier alpha value is -0.860. The van der Waals surface area contributed by atoms with Gasteiger partial charge in [-0.05, 0) is 6.92 Å². The monoisotopic (exact) mass is 194 g/mol. The van der Waals surface area contributed by atoms with Crippen LogP contribution in [0.5, 0.6) is 0 Å². The van der Waals surface area contributed by atoms with E-state index in [1.807, 2.05) is 0 Å². The molecule has 70 valence electrons. The van der Waals surface area contributed by atoms with E-state index in [1.165, 1.54) is 24.3 Å². The first-order chi connectivity index (χ1) is 6.25. The minimum atomic E-state index is -4.65. The average molecular weight is 194 g/mol. The van der Waals surface area contributed by atoms with Gasteiger partial charge in [0.15, 0.2) is 0 Å². The molecule has 0 saturated heterocycles. The van der Waals surface area contributed by atoms with Crippen molar-refractivity contribution in [2.45, 2.75) is 18.3 Å². The molecule has 0 bridgehead atoms. The third kappa shape index (κ3) is 1.97. The molecule has 0 saturated carbocycles. The highest BCUT2D eigenvalue weighted by molar-refractivity contribution is 6.40. The molecule has 0 fully saturated rings. The predicted molar refractivity (Wildman–Crippen MR) is 50.4 cm³/mol. The Kier molecular flexibility index (Phi) is 2.70.